The molecule has 0 aromatic heterocycles. The maximum absolute atomic E-state index is 11.8. The lowest BCUT2D eigenvalue weighted by atomic mass is 10.1. The van der Waals surface area contributed by atoms with Crippen LogP contribution in [0.25, 0.3) is 0 Å². The Hall–Kier alpha value is -3.72. The quantitative estimate of drug-likeness (QED) is 0.240. The number of ether oxygens (including phenoxy) is 2. The van der Waals surface area contributed by atoms with E-state index in [-0.39, 0.29) is 43.4 Å². The molecular weight excluding hydrogens is 402 g/mol. The first-order chi connectivity index (χ1) is 14.8. The van der Waals surface area contributed by atoms with Gasteiger partial charge in [0.15, 0.2) is 0 Å². The van der Waals surface area contributed by atoms with Gasteiger partial charge in [-0.3, -0.25) is 0 Å². The molecule has 0 radical (unpaired) electrons. The van der Waals surface area contributed by atoms with Crippen molar-refractivity contribution in [2.24, 2.45) is 10.2 Å². The van der Waals surface area contributed by atoms with Gasteiger partial charge < -0.3 is 25.0 Å². The van der Waals surface area contributed by atoms with Gasteiger partial charge in [-0.15, -0.1) is 5.11 Å². The van der Waals surface area contributed by atoms with Crippen LogP contribution in [0, 0.1) is 6.92 Å². The average molecular weight is 427 g/mol. The highest BCUT2D eigenvalue weighted by Gasteiger charge is 2.12. The second-order valence-electron chi connectivity index (χ2n) is 6.74. The van der Waals surface area contributed by atoms with Crippen LogP contribution in [-0.2, 0) is 27.5 Å². The van der Waals surface area contributed by atoms with Crippen LogP contribution >= 0.6 is 0 Å². The molecule has 0 atom stereocenters. The number of hydrogen-bond acceptors (Lipinski definition) is 8. The lowest BCUT2D eigenvalue weighted by Crippen LogP contribution is -2.28. The largest absolute Gasteiger partial charge is 0.505 e. The van der Waals surface area contributed by atoms with Gasteiger partial charge in [-0.2, -0.15) is 5.11 Å². The molecule has 2 aromatic rings. The number of hydrogen-bond donors (Lipinski definition) is 3. The van der Waals surface area contributed by atoms with E-state index in [9.17, 15) is 14.7 Å². The third kappa shape index (κ3) is 7.56. The third-order valence-corrected chi connectivity index (χ3v) is 4.02. The van der Waals surface area contributed by atoms with Crippen LogP contribution < -0.4 is 5.32 Å². The van der Waals surface area contributed by atoms with Crippen LogP contribution in [0.1, 0.15) is 23.6 Å². The number of aliphatic hydroxyl groups excluding tert-OH is 1. The van der Waals surface area contributed by atoms with Gasteiger partial charge in [0.25, 0.3) is 0 Å². The maximum Gasteiger partial charge on any atom is 0.407 e. The number of amides is 1. The Morgan fingerprint density at radius 2 is 1.84 bits per heavy atom. The SMILES string of the molecule is C=C(C)C(=O)OCCNC(=O)OCc1cc(C)cc(/N=N/c2ccc(CO)cc2)c1O. The molecule has 3 N–H and O–H groups in total. The normalized spacial score (nSPS) is 10.7. The number of nitrogens with one attached hydrogen (secondary N) is 1. The molecule has 0 bridgehead atoms. The number of phenols is 1. The number of phenolic OH excluding ortho intramolecular Hbond substituents is 1. The van der Waals surface area contributed by atoms with Crippen LogP contribution in [0.3, 0.4) is 0 Å². The van der Waals surface area contributed by atoms with Crippen molar-refractivity contribution >= 4 is 23.4 Å². The van der Waals surface area contributed by atoms with Gasteiger partial charge >= 0.3 is 12.1 Å². The molecule has 0 heterocycles. The summed E-state index contributed by atoms with van der Waals surface area (Å²) in [5.41, 5.74) is 2.98. The van der Waals surface area contributed by atoms with Crippen LogP contribution in [0.15, 0.2) is 58.8 Å². The molecule has 2 rings (SSSR count). The minimum Gasteiger partial charge on any atom is -0.505 e. The van der Waals surface area contributed by atoms with Gasteiger partial charge in [0, 0.05) is 11.1 Å². The second kappa shape index (κ2) is 11.5. The van der Waals surface area contributed by atoms with Crippen molar-refractivity contribution < 1.29 is 29.3 Å². The van der Waals surface area contributed by atoms with Gasteiger partial charge in [0.1, 0.15) is 24.7 Å². The number of aromatic hydroxyl groups is 1. The Kier molecular flexibility index (Phi) is 8.71. The zero-order valence-electron chi connectivity index (χ0n) is 17.4. The summed E-state index contributed by atoms with van der Waals surface area (Å²) in [6.07, 6.45) is -0.723. The van der Waals surface area contributed by atoms with Crippen molar-refractivity contribution in [2.75, 3.05) is 13.2 Å². The number of aliphatic hydroxyl groups is 1. The molecule has 0 unspecified atom stereocenters. The van der Waals surface area contributed by atoms with Crippen molar-refractivity contribution in [2.45, 2.75) is 27.1 Å². The maximum atomic E-state index is 11.8. The van der Waals surface area contributed by atoms with Crippen LogP contribution in [0.4, 0.5) is 16.2 Å². The first-order valence-electron chi connectivity index (χ1n) is 9.47. The topological polar surface area (TPSA) is 130 Å². The fourth-order valence-electron chi connectivity index (χ4n) is 2.41. The highest BCUT2D eigenvalue weighted by molar-refractivity contribution is 5.86. The number of nitrogens with zero attached hydrogens (tertiary/aromatic N) is 2. The molecule has 0 saturated heterocycles. The lowest BCUT2D eigenvalue weighted by Gasteiger charge is -2.10. The Labute approximate surface area is 180 Å². The molecule has 31 heavy (non-hydrogen) atoms. The zero-order valence-corrected chi connectivity index (χ0v) is 17.4. The summed E-state index contributed by atoms with van der Waals surface area (Å²) in [5.74, 6) is -0.685. The minimum atomic E-state index is -0.723. The molecular formula is C22H25N3O6. The monoisotopic (exact) mass is 427 g/mol. The molecule has 2 aromatic carbocycles. The van der Waals surface area contributed by atoms with E-state index in [0.717, 1.165) is 11.1 Å². The predicted molar refractivity (Wildman–Crippen MR) is 113 cm³/mol. The zero-order chi connectivity index (χ0) is 22.8. The molecule has 0 spiro atoms. The fraction of sp³-hybridized carbons (Fsp3) is 0.273. The Morgan fingerprint density at radius 3 is 2.48 bits per heavy atom. The van der Waals surface area contributed by atoms with E-state index in [1.807, 2.05) is 6.92 Å². The fourth-order valence-corrected chi connectivity index (χ4v) is 2.41. The average Bonchev–Trinajstić information content (AvgIpc) is 2.76. The van der Waals surface area contributed by atoms with Crippen molar-refractivity contribution in [3.63, 3.8) is 0 Å². The summed E-state index contributed by atoms with van der Waals surface area (Å²) >= 11 is 0. The molecule has 0 aliphatic rings. The van der Waals surface area contributed by atoms with E-state index in [4.69, 9.17) is 14.6 Å². The molecule has 9 nitrogen and oxygen atoms in total. The molecule has 0 saturated carbocycles. The molecule has 0 aliphatic heterocycles. The number of rotatable bonds is 9. The van der Waals surface area contributed by atoms with E-state index in [0.29, 0.717) is 11.3 Å². The molecule has 9 heteroatoms. The molecule has 0 aliphatic carbocycles. The molecule has 1 amide bonds. The smallest absolute Gasteiger partial charge is 0.407 e. The van der Waals surface area contributed by atoms with E-state index in [2.05, 4.69) is 22.1 Å². The van der Waals surface area contributed by atoms with Crippen molar-refractivity contribution in [3.05, 3.63) is 65.2 Å². The summed E-state index contributed by atoms with van der Waals surface area (Å²) in [5, 5.41) is 30.1. The van der Waals surface area contributed by atoms with Crippen LogP contribution in [-0.4, -0.2) is 35.4 Å². The number of carbonyl (C=O) groups is 2. The summed E-state index contributed by atoms with van der Waals surface area (Å²) in [6.45, 7) is 6.62. The standard InChI is InChI=1S/C22H25N3O6/c1-14(2)21(28)30-9-8-23-22(29)31-13-17-10-15(3)11-19(20(17)27)25-24-18-6-4-16(12-26)5-7-18/h4-7,10-11,26-27H,1,8-9,12-13H2,2-3H3,(H,23,29)/b25-24+. The highest BCUT2D eigenvalue weighted by atomic mass is 16.6. The van der Waals surface area contributed by atoms with Crippen molar-refractivity contribution in [1.82, 2.24) is 5.32 Å². The number of alkyl carbamates (subject to hydrolysis) is 1. The van der Waals surface area contributed by atoms with Gasteiger partial charge in [-0.25, -0.2) is 9.59 Å². The Morgan fingerprint density at radius 1 is 1.13 bits per heavy atom. The number of carbonyl (C=O) groups excluding carboxylic acids is 2. The van der Waals surface area contributed by atoms with Crippen LogP contribution in [0.5, 0.6) is 5.75 Å². The van der Waals surface area contributed by atoms with Crippen molar-refractivity contribution in [3.8, 4) is 5.75 Å². The number of esters is 1. The number of aryl methyl sites for hydroxylation is 1. The lowest BCUT2D eigenvalue weighted by molar-refractivity contribution is -0.138. The molecule has 0 fully saturated rings. The van der Waals surface area contributed by atoms with Crippen molar-refractivity contribution in [1.29, 1.82) is 0 Å². The van der Waals surface area contributed by atoms with E-state index >= 15 is 0 Å². The summed E-state index contributed by atoms with van der Waals surface area (Å²) < 4.78 is 9.96. The van der Waals surface area contributed by atoms with E-state index < -0.39 is 12.1 Å². The molecule has 164 valence electrons. The summed E-state index contributed by atoms with van der Waals surface area (Å²) in [6, 6.07) is 10.2. The Balaban J connectivity index is 1.93. The summed E-state index contributed by atoms with van der Waals surface area (Å²) in [7, 11) is 0. The minimum absolute atomic E-state index is 0.0136. The predicted octanol–water partition coefficient (Wildman–Crippen LogP) is 3.95. The summed E-state index contributed by atoms with van der Waals surface area (Å²) in [4.78, 5) is 23.1. The first-order valence-corrected chi connectivity index (χ1v) is 9.47. The van der Waals surface area contributed by atoms with E-state index in [1.165, 1.54) is 6.92 Å². The highest BCUT2D eigenvalue weighted by Crippen LogP contribution is 2.33. The van der Waals surface area contributed by atoms with Gasteiger partial charge in [-0.1, -0.05) is 18.7 Å². The Bertz CT molecular complexity index is 970. The second-order valence-corrected chi connectivity index (χ2v) is 6.74. The van der Waals surface area contributed by atoms with Gasteiger partial charge in [-0.05, 0) is 49.2 Å². The van der Waals surface area contributed by atoms with Gasteiger partial charge in [0.05, 0.1) is 18.8 Å². The third-order valence-electron chi connectivity index (χ3n) is 4.02. The first kappa shape index (κ1) is 23.6. The number of azo groups is 1. The van der Waals surface area contributed by atoms with Crippen LogP contribution in [0.2, 0.25) is 0 Å². The van der Waals surface area contributed by atoms with Gasteiger partial charge in [0.2, 0.25) is 0 Å². The number of benzene rings is 2. The van der Waals surface area contributed by atoms with E-state index in [1.54, 1.807) is 36.4 Å².